The molecule has 0 bridgehead atoms. The molecule has 1 aliphatic heterocycles. The molecule has 0 amide bonds. The lowest BCUT2D eigenvalue weighted by Crippen LogP contribution is -2.16. The molecule has 1 aromatic heterocycles. The van der Waals surface area contributed by atoms with Gasteiger partial charge in [0.25, 0.3) is 0 Å². The molecule has 2 heterocycles. The van der Waals surface area contributed by atoms with Crippen molar-refractivity contribution in [3.05, 3.63) is 28.1 Å². The van der Waals surface area contributed by atoms with E-state index in [-0.39, 0.29) is 5.92 Å². The Labute approximate surface area is 117 Å². The molecular formula is C14H20N2O2S. The second-order valence-electron chi connectivity index (χ2n) is 4.86. The van der Waals surface area contributed by atoms with Crippen LogP contribution in [0, 0.1) is 5.92 Å². The third-order valence-electron chi connectivity index (χ3n) is 3.60. The van der Waals surface area contributed by atoms with E-state index in [1.54, 1.807) is 17.5 Å². The van der Waals surface area contributed by atoms with Gasteiger partial charge in [0, 0.05) is 16.6 Å². The monoisotopic (exact) mass is 280 g/mol. The highest BCUT2D eigenvalue weighted by Crippen LogP contribution is 2.27. The van der Waals surface area contributed by atoms with Crippen LogP contribution in [0.3, 0.4) is 0 Å². The number of carbonyl (C=O) groups is 1. The summed E-state index contributed by atoms with van der Waals surface area (Å²) in [6.07, 6.45) is 6.86. The Hall–Kier alpha value is -1.49. The molecule has 104 valence electrons. The molecule has 1 fully saturated rings. The average Bonchev–Trinajstić information content (AvgIpc) is 3.03. The summed E-state index contributed by atoms with van der Waals surface area (Å²) in [5.74, 6) is -0.631. The van der Waals surface area contributed by atoms with Gasteiger partial charge in [-0.05, 0) is 24.3 Å². The van der Waals surface area contributed by atoms with Gasteiger partial charge in [-0.1, -0.05) is 19.3 Å². The van der Waals surface area contributed by atoms with Crippen LogP contribution in [0.2, 0.25) is 0 Å². The number of aliphatic carboxylic acids is 1. The van der Waals surface area contributed by atoms with Gasteiger partial charge in [0.15, 0.2) is 0 Å². The fraction of sp³-hybridized carbons (Fsp3) is 0.500. The maximum atomic E-state index is 10.4. The number of nitrogens with one attached hydrogen (secondary N) is 1. The molecule has 1 saturated carbocycles. The molecule has 5 heteroatoms. The van der Waals surface area contributed by atoms with Gasteiger partial charge in [-0.3, -0.25) is 4.79 Å². The molecule has 0 unspecified atom stereocenters. The standard InChI is InChI=1S/C7H8N2S.C7H12O2/c8-3-6-5-1-2-10-7(5)4-9-6;8-7(9)6-4-2-1-3-5-6/h1-3,9H,4,8H2;6H,1-5H2,(H,8,9)/b6-3-;. The number of fused-ring (bicyclic) bond motifs is 1. The van der Waals surface area contributed by atoms with Crippen LogP contribution < -0.4 is 11.1 Å². The van der Waals surface area contributed by atoms with E-state index in [4.69, 9.17) is 10.8 Å². The Balaban J connectivity index is 0.000000141. The van der Waals surface area contributed by atoms with Gasteiger partial charge in [-0.15, -0.1) is 11.3 Å². The lowest BCUT2D eigenvalue weighted by Gasteiger charge is -2.16. The molecule has 4 N–H and O–H groups in total. The Morgan fingerprint density at radius 1 is 1.42 bits per heavy atom. The van der Waals surface area contributed by atoms with Crippen molar-refractivity contribution in [2.75, 3.05) is 0 Å². The Morgan fingerprint density at radius 2 is 2.16 bits per heavy atom. The van der Waals surface area contributed by atoms with Gasteiger partial charge in [0.2, 0.25) is 0 Å². The van der Waals surface area contributed by atoms with Crippen molar-refractivity contribution in [3.8, 4) is 0 Å². The minimum absolute atomic E-state index is 0.0289. The molecule has 0 radical (unpaired) electrons. The first-order valence-corrected chi connectivity index (χ1v) is 7.55. The van der Waals surface area contributed by atoms with Crippen molar-refractivity contribution in [1.29, 1.82) is 0 Å². The first-order valence-electron chi connectivity index (χ1n) is 6.67. The summed E-state index contributed by atoms with van der Waals surface area (Å²) in [5, 5.41) is 13.8. The molecule has 2 aliphatic rings. The maximum absolute atomic E-state index is 10.4. The minimum Gasteiger partial charge on any atom is -0.481 e. The molecule has 3 rings (SSSR count). The first kappa shape index (κ1) is 13.9. The number of hydrogen-bond donors (Lipinski definition) is 3. The summed E-state index contributed by atoms with van der Waals surface area (Å²) in [5.41, 5.74) is 7.72. The molecule has 0 atom stereocenters. The van der Waals surface area contributed by atoms with Crippen LogP contribution in [0.25, 0.3) is 5.70 Å². The van der Waals surface area contributed by atoms with Gasteiger partial charge in [-0.25, -0.2) is 0 Å². The SMILES string of the molecule is N/C=C1\NCc2sccc21.O=C(O)C1CCCCC1. The van der Waals surface area contributed by atoms with E-state index in [1.807, 2.05) is 0 Å². The van der Waals surface area contributed by atoms with E-state index in [0.717, 1.165) is 37.9 Å². The quantitative estimate of drug-likeness (QED) is 0.739. The van der Waals surface area contributed by atoms with Crippen molar-refractivity contribution >= 4 is 23.0 Å². The molecule has 0 spiro atoms. The number of rotatable bonds is 1. The van der Waals surface area contributed by atoms with E-state index in [0.29, 0.717) is 0 Å². The van der Waals surface area contributed by atoms with Crippen LogP contribution >= 0.6 is 11.3 Å². The van der Waals surface area contributed by atoms with Crippen LogP contribution in [0.15, 0.2) is 17.6 Å². The second kappa shape index (κ2) is 6.61. The van der Waals surface area contributed by atoms with Crippen molar-refractivity contribution in [2.45, 2.75) is 38.6 Å². The third-order valence-corrected chi connectivity index (χ3v) is 4.52. The lowest BCUT2D eigenvalue weighted by atomic mass is 9.90. The van der Waals surface area contributed by atoms with Crippen molar-refractivity contribution < 1.29 is 9.90 Å². The molecule has 19 heavy (non-hydrogen) atoms. The van der Waals surface area contributed by atoms with E-state index < -0.39 is 5.97 Å². The van der Waals surface area contributed by atoms with Gasteiger partial charge < -0.3 is 16.2 Å². The largest absolute Gasteiger partial charge is 0.481 e. The van der Waals surface area contributed by atoms with Crippen molar-refractivity contribution in [2.24, 2.45) is 11.7 Å². The number of carboxylic acid groups (broad SMARTS) is 1. The second-order valence-corrected chi connectivity index (χ2v) is 5.87. The van der Waals surface area contributed by atoms with Gasteiger partial charge in [0.05, 0.1) is 18.2 Å². The van der Waals surface area contributed by atoms with E-state index >= 15 is 0 Å². The summed E-state index contributed by atoms with van der Waals surface area (Å²) in [7, 11) is 0. The molecule has 1 aliphatic carbocycles. The van der Waals surface area contributed by atoms with Crippen LogP contribution in [0.4, 0.5) is 0 Å². The zero-order valence-electron chi connectivity index (χ0n) is 10.9. The van der Waals surface area contributed by atoms with Gasteiger partial charge in [0.1, 0.15) is 0 Å². The number of thiophene rings is 1. The van der Waals surface area contributed by atoms with Gasteiger partial charge in [-0.2, -0.15) is 0 Å². The highest BCUT2D eigenvalue weighted by atomic mass is 32.1. The molecule has 1 aromatic rings. The zero-order valence-corrected chi connectivity index (χ0v) is 11.7. The Bertz CT molecular complexity index is 462. The molecule has 0 saturated heterocycles. The normalized spacial score (nSPS) is 20.3. The summed E-state index contributed by atoms with van der Waals surface area (Å²) in [6.45, 7) is 0.941. The Kier molecular flexibility index (Phi) is 4.85. The van der Waals surface area contributed by atoms with Crippen LogP contribution in [0.5, 0.6) is 0 Å². The third kappa shape index (κ3) is 3.50. The highest BCUT2D eigenvalue weighted by molar-refractivity contribution is 7.10. The zero-order chi connectivity index (χ0) is 13.7. The van der Waals surface area contributed by atoms with E-state index in [1.165, 1.54) is 16.9 Å². The molecular weight excluding hydrogens is 260 g/mol. The molecule has 0 aromatic carbocycles. The predicted molar refractivity (Wildman–Crippen MR) is 77.5 cm³/mol. The fourth-order valence-corrected chi connectivity index (χ4v) is 3.32. The van der Waals surface area contributed by atoms with Crippen LogP contribution in [0.1, 0.15) is 42.5 Å². The summed E-state index contributed by atoms with van der Waals surface area (Å²) < 4.78 is 0. The van der Waals surface area contributed by atoms with Gasteiger partial charge >= 0.3 is 5.97 Å². The summed E-state index contributed by atoms with van der Waals surface area (Å²) >= 11 is 1.77. The summed E-state index contributed by atoms with van der Waals surface area (Å²) in [4.78, 5) is 11.7. The van der Waals surface area contributed by atoms with Crippen molar-refractivity contribution in [1.82, 2.24) is 5.32 Å². The first-order chi connectivity index (χ1) is 9.22. The maximum Gasteiger partial charge on any atom is 0.306 e. The summed E-state index contributed by atoms with van der Waals surface area (Å²) in [6, 6.07) is 2.10. The fourth-order valence-electron chi connectivity index (χ4n) is 2.49. The Morgan fingerprint density at radius 3 is 2.74 bits per heavy atom. The highest BCUT2D eigenvalue weighted by Gasteiger charge is 2.19. The lowest BCUT2D eigenvalue weighted by molar-refractivity contribution is -0.142. The smallest absolute Gasteiger partial charge is 0.306 e. The average molecular weight is 280 g/mol. The van der Waals surface area contributed by atoms with Crippen LogP contribution in [-0.2, 0) is 11.3 Å². The number of nitrogens with two attached hydrogens (primary N) is 1. The van der Waals surface area contributed by atoms with E-state index in [9.17, 15) is 4.79 Å². The number of hydrogen-bond acceptors (Lipinski definition) is 4. The van der Waals surface area contributed by atoms with Crippen LogP contribution in [-0.4, -0.2) is 11.1 Å². The van der Waals surface area contributed by atoms with E-state index in [2.05, 4.69) is 16.8 Å². The predicted octanol–water partition coefficient (Wildman–Crippen LogP) is 2.76. The molecule has 4 nitrogen and oxygen atoms in total. The number of carboxylic acids is 1. The minimum atomic E-state index is -0.602. The van der Waals surface area contributed by atoms with Crippen molar-refractivity contribution in [3.63, 3.8) is 0 Å². The topological polar surface area (TPSA) is 75.3 Å².